The SMILES string of the molecule is COc1ccc(NC(=O)Nc2ccc3c(c2O)C(O)=C2C(=O)[C@]4(O)C(O)=C(C(N)=O)C(=O)C[C@@H]4C[C@@H]2C3)cc1. The fourth-order valence-corrected chi connectivity index (χ4v) is 5.66. The van der Waals surface area contributed by atoms with Crippen LogP contribution in [0.4, 0.5) is 16.2 Å². The molecule has 0 saturated heterocycles. The van der Waals surface area contributed by atoms with Gasteiger partial charge in [-0.05, 0) is 54.7 Å². The molecule has 0 spiro atoms. The zero-order valence-corrected chi connectivity index (χ0v) is 20.6. The second-order valence-electron chi connectivity index (χ2n) is 9.71. The predicted molar refractivity (Wildman–Crippen MR) is 137 cm³/mol. The Balaban J connectivity index is 1.49. The van der Waals surface area contributed by atoms with E-state index in [0.717, 1.165) is 0 Å². The summed E-state index contributed by atoms with van der Waals surface area (Å²) in [6, 6.07) is 8.84. The second-order valence-corrected chi connectivity index (χ2v) is 9.71. The Morgan fingerprint density at radius 2 is 1.72 bits per heavy atom. The number of phenols is 1. The van der Waals surface area contributed by atoms with Gasteiger partial charge in [0.05, 0.1) is 18.4 Å². The number of hydrogen-bond acceptors (Lipinski definition) is 9. The molecule has 0 heterocycles. The molecule has 12 nitrogen and oxygen atoms in total. The largest absolute Gasteiger partial charge is 0.508 e. The number of hydrogen-bond donors (Lipinski definition) is 7. The monoisotopic (exact) mass is 535 g/mol. The van der Waals surface area contributed by atoms with Gasteiger partial charge in [0.15, 0.2) is 11.4 Å². The number of rotatable bonds is 4. The first kappa shape index (κ1) is 25.8. The Hall–Kier alpha value is -4.84. The number of primary amides is 1. The molecule has 3 amide bonds. The van der Waals surface area contributed by atoms with Gasteiger partial charge in [0.1, 0.15) is 28.6 Å². The van der Waals surface area contributed by atoms with Crippen molar-refractivity contribution in [1.82, 2.24) is 0 Å². The molecule has 202 valence electrons. The van der Waals surface area contributed by atoms with Crippen molar-refractivity contribution in [2.45, 2.75) is 24.9 Å². The third-order valence-electron chi connectivity index (χ3n) is 7.53. The zero-order chi connectivity index (χ0) is 28.2. The Bertz CT molecular complexity index is 1510. The smallest absolute Gasteiger partial charge is 0.323 e. The number of phenolic OH excluding ortho intramolecular Hbond substituents is 1. The Morgan fingerprint density at radius 3 is 2.36 bits per heavy atom. The quantitative estimate of drug-likeness (QED) is 0.225. The second kappa shape index (κ2) is 9.17. The van der Waals surface area contributed by atoms with E-state index >= 15 is 0 Å². The van der Waals surface area contributed by atoms with Gasteiger partial charge in [-0.3, -0.25) is 14.4 Å². The van der Waals surface area contributed by atoms with Gasteiger partial charge >= 0.3 is 6.03 Å². The lowest BCUT2D eigenvalue weighted by atomic mass is 9.59. The summed E-state index contributed by atoms with van der Waals surface area (Å²) in [5.74, 6) is -6.53. The summed E-state index contributed by atoms with van der Waals surface area (Å²) in [4.78, 5) is 50.2. The van der Waals surface area contributed by atoms with Crippen molar-refractivity contribution < 1.29 is 44.3 Å². The summed E-state index contributed by atoms with van der Waals surface area (Å²) in [6.45, 7) is 0. The highest BCUT2D eigenvalue weighted by Gasteiger charge is 2.60. The average Bonchev–Trinajstić information content (AvgIpc) is 2.88. The number of urea groups is 1. The highest BCUT2D eigenvalue weighted by molar-refractivity contribution is 6.22. The summed E-state index contributed by atoms with van der Waals surface area (Å²) < 4.78 is 5.07. The lowest BCUT2D eigenvalue weighted by Gasteiger charge is -2.46. The molecule has 8 N–H and O–H groups in total. The summed E-state index contributed by atoms with van der Waals surface area (Å²) in [7, 11) is 1.51. The highest BCUT2D eigenvalue weighted by atomic mass is 16.5. The number of carbonyl (C=O) groups excluding carboxylic acids is 4. The van der Waals surface area contributed by atoms with Crippen LogP contribution in [0.25, 0.3) is 5.76 Å². The number of benzene rings is 2. The van der Waals surface area contributed by atoms with Gasteiger partial charge in [0.2, 0.25) is 5.78 Å². The van der Waals surface area contributed by atoms with Crippen molar-refractivity contribution in [2.24, 2.45) is 17.6 Å². The van der Waals surface area contributed by atoms with Crippen molar-refractivity contribution in [2.75, 3.05) is 17.7 Å². The van der Waals surface area contributed by atoms with E-state index in [1.54, 1.807) is 30.3 Å². The molecule has 0 unspecified atom stereocenters. The summed E-state index contributed by atoms with van der Waals surface area (Å²) in [6.07, 6.45) is -0.187. The fourth-order valence-electron chi connectivity index (χ4n) is 5.66. The first-order valence-corrected chi connectivity index (χ1v) is 12.0. The van der Waals surface area contributed by atoms with E-state index in [1.165, 1.54) is 13.2 Å². The van der Waals surface area contributed by atoms with Crippen LogP contribution in [0.1, 0.15) is 24.0 Å². The van der Waals surface area contributed by atoms with Gasteiger partial charge in [0.25, 0.3) is 5.91 Å². The fraction of sp³-hybridized carbons (Fsp3) is 0.259. The molecule has 12 heteroatoms. The maximum Gasteiger partial charge on any atom is 0.323 e. The first-order chi connectivity index (χ1) is 18.5. The molecule has 1 fully saturated rings. The normalized spacial score (nSPS) is 23.9. The molecular weight excluding hydrogens is 510 g/mol. The minimum Gasteiger partial charge on any atom is -0.508 e. The predicted octanol–water partition coefficient (Wildman–Crippen LogP) is 2.08. The number of aliphatic hydroxyl groups is 3. The van der Waals surface area contributed by atoms with Crippen LogP contribution >= 0.6 is 0 Å². The third-order valence-corrected chi connectivity index (χ3v) is 7.53. The van der Waals surface area contributed by atoms with Gasteiger partial charge in [-0.15, -0.1) is 0 Å². The number of nitrogens with one attached hydrogen (secondary N) is 2. The van der Waals surface area contributed by atoms with Crippen LogP contribution in [-0.2, 0) is 20.8 Å². The molecule has 0 bridgehead atoms. The Kier molecular flexibility index (Phi) is 6.06. The topological polar surface area (TPSA) is 209 Å². The lowest BCUT2D eigenvalue weighted by Crippen LogP contribution is -2.58. The number of ether oxygens (including phenoxy) is 1. The van der Waals surface area contributed by atoms with E-state index in [0.29, 0.717) is 17.0 Å². The number of carbonyl (C=O) groups is 4. The van der Waals surface area contributed by atoms with E-state index < -0.39 is 63.8 Å². The standard InChI is InChI=1S/C27H25N3O9/c1-39-15-5-3-14(4-6-15)29-26(37)30-16-7-2-11-8-12-9-13-10-17(31)20(25(28)36)24(35)27(13,38)23(34)19(12)22(33)18(11)21(16)32/h2-7,12-13,32-33,35,38H,8-10H2,1H3,(H2,28,36)(H2,29,30,37)/t12-,13-,27-/m0/s1. The number of Topliss-reactive ketones (excluding diaryl/α,β-unsaturated/α-hetero) is 2. The van der Waals surface area contributed by atoms with E-state index in [1.807, 2.05) is 0 Å². The molecule has 0 radical (unpaired) electrons. The minimum atomic E-state index is -2.64. The van der Waals surface area contributed by atoms with Crippen LogP contribution in [-0.4, -0.2) is 56.6 Å². The molecule has 2 aromatic carbocycles. The van der Waals surface area contributed by atoms with E-state index in [9.17, 15) is 39.6 Å². The summed E-state index contributed by atoms with van der Waals surface area (Å²) >= 11 is 0. The van der Waals surface area contributed by atoms with Crippen LogP contribution in [0.2, 0.25) is 0 Å². The van der Waals surface area contributed by atoms with Gasteiger partial charge in [-0.1, -0.05) is 6.07 Å². The van der Waals surface area contributed by atoms with Gasteiger partial charge < -0.3 is 41.5 Å². The van der Waals surface area contributed by atoms with E-state index in [-0.39, 0.29) is 36.1 Å². The van der Waals surface area contributed by atoms with Gasteiger partial charge in [0, 0.05) is 23.6 Å². The number of methoxy groups -OCH3 is 1. The maximum absolute atomic E-state index is 13.5. The summed E-state index contributed by atoms with van der Waals surface area (Å²) in [5, 5.41) is 49.1. The molecule has 39 heavy (non-hydrogen) atoms. The minimum absolute atomic E-state index is 0.0357. The maximum atomic E-state index is 13.5. The number of aliphatic hydroxyl groups excluding tert-OH is 2. The van der Waals surface area contributed by atoms with Crippen LogP contribution in [0.5, 0.6) is 11.5 Å². The molecule has 2 aromatic rings. The lowest BCUT2D eigenvalue weighted by molar-refractivity contribution is -0.147. The molecule has 0 aromatic heterocycles. The Labute approximate surface area is 221 Å². The number of anilines is 2. The van der Waals surface area contributed by atoms with Crippen molar-refractivity contribution in [3.05, 3.63) is 64.4 Å². The van der Waals surface area contributed by atoms with Crippen LogP contribution in [0, 0.1) is 11.8 Å². The number of amides is 3. The zero-order valence-electron chi connectivity index (χ0n) is 20.6. The van der Waals surface area contributed by atoms with E-state index in [2.05, 4.69) is 10.6 Å². The van der Waals surface area contributed by atoms with Crippen molar-refractivity contribution >= 4 is 40.6 Å². The van der Waals surface area contributed by atoms with Crippen molar-refractivity contribution in [3.63, 3.8) is 0 Å². The number of aromatic hydroxyl groups is 1. The highest BCUT2D eigenvalue weighted by Crippen LogP contribution is 2.52. The molecule has 5 rings (SSSR count). The first-order valence-electron chi connectivity index (χ1n) is 12.0. The van der Waals surface area contributed by atoms with Gasteiger partial charge in [-0.25, -0.2) is 4.79 Å². The van der Waals surface area contributed by atoms with Crippen LogP contribution < -0.4 is 21.1 Å². The van der Waals surface area contributed by atoms with E-state index in [4.69, 9.17) is 10.5 Å². The van der Waals surface area contributed by atoms with Gasteiger partial charge in [-0.2, -0.15) is 0 Å². The molecular formula is C27H25N3O9. The number of ketones is 2. The molecule has 3 aliphatic carbocycles. The Morgan fingerprint density at radius 1 is 1.03 bits per heavy atom. The summed E-state index contributed by atoms with van der Waals surface area (Å²) in [5.41, 5.74) is 2.17. The third kappa shape index (κ3) is 3.96. The van der Waals surface area contributed by atoms with Crippen LogP contribution in [0.15, 0.2) is 53.3 Å². The van der Waals surface area contributed by atoms with Crippen molar-refractivity contribution in [3.8, 4) is 11.5 Å². The van der Waals surface area contributed by atoms with Crippen molar-refractivity contribution in [1.29, 1.82) is 0 Å². The van der Waals surface area contributed by atoms with Crippen LogP contribution in [0.3, 0.4) is 0 Å². The molecule has 3 aliphatic rings. The molecule has 3 atom stereocenters. The number of fused-ring (bicyclic) bond motifs is 3. The number of nitrogens with two attached hydrogens (primary N) is 1. The molecule has 1 saturated carbocycles. The average molecular weight is 536 g/mol. The molecule has 0 aliphatic heterocycles.